The number of para-hydroxylation sites is 2. The molecule has 1 amide bonds. The molecule has 0 aliphatic carbocycles. The van der Waals surface area contributed by atoms with Crippen LogP contribution in [0.15, 0.2) is 36.4 Å². The molecule has 106 valence electrons. The van der Waals surface area contributed by atoms with E-state index in [1.54, 1.807) is 12.1 Å². The Kier molecular flexibility index (Phi) is 3.46. The molecule has 3 rings (SSSR count). The molecule has 0 bridgehead atoms. The lowest BCUT2D eigenvalue weighted by molar-refractivity contribution is 0.0943. The van der Waals surface area contributed by atoms with Gasteiger partial charge in [0, 0.05) is 6.07 Å². The zero-order valence-corrected chi connectivity index (χ0v) is 11.3. The number of fused-ring (bicyclic) bond motifs is 1. The molecule has 7 heteroatoms. The zero-order chi connectivity index (χ0) is 14.7. The van der Waals surface area contributed by atoms with Gasteiger partial charge in [-0.3, -0.25) is 4.79 Å². The van der Waals surface area contributed by atoms with Crippen molar-refractivity contribution in [3.63, 3.8) is 0 Å². The molecule has 7 nitrogen and oxygen atoms in total. The van der Waals surface area contributed by atoms with Gasteiger partial charge in [-0.15, -0.1) is 10.2 Å². The number of benzene rings is 1. The van der Waals surface area contributed by atoms with Gasteiger partial charge in [0.2, 0.25) is 5.88 Å². The molecular formula is C14H13N5O2. The Morgan fingerprint density at radius 2 is 2.10 bits per heavy atom. The van der Waals surface area contributed by atoms with Crippen molar-refractivity contribution in [3.8, 4) is 5.88 Å². The van der Waals surface area contributed by atoms with E-state index in [-0.39, 0.29) is 11.6 Å². The van der Waals surface area contributed by atoms with Crippen LogP contribution in [0.4, 0.5) is 0 Å². The third-order valence-electron chi connectivity index (χ3n) is 2.94. The summed E-state index contributed by atoms with van der Waals surface area (Å²) >= 11 is 0. The molecule has 2 N–H and O–H groups in total. The van der Waals surface area contributed by atoms with Crippen LogP contribution in [0.2, 0.25) is 0 Å². The summed E-state index contributed by atoms with van der Waals surface area (Å²) < 4.78 is 4.89. The highest BCUT2D eigenvalue weighted by atomic mass is 16.5. The van der Waals surface area contributed by atoms with Crippen LogP contribution in [0.3, 0.4) is 0 Å². The van der Waals surface area contributed by atoms with Crippen LogP contribution in [-0.4, -0.2) is 33.2 Å². The minimum absolute atomic E-state index is 0.229. The van der Waals surface area contributed by atoms with Crippen molar-refractivity contribution in [1.82, 2.24) is 25.5 Å². The largest absolute Gasteiger partial charge is 0.480 e. The zero-order valence-electron chi connectivity index (χ0n) is 11.3. The molecule has 1 aromatic carbocycles. The Morgan fingerprint density at radius 1 is 1.24 bits per heavy atom. The average molecular weight is 283 g/mol. The first-order valence-corrected chi connectivity index (χ1v) is 6.36. The second kappa shape index (κ2) is 5.58. The van der Waals surface area contributed by atoms with E-state index in [0.717, 1.165) is 11.0 Å². The molecule has 21 heavy (non-hydrogen) atoms. The summed E-state index contributed by atoms with van der Waals surface area (Å²) in [6.45, 7) is 0.293. The number of carbonyl (C=O) groups excluding carboxylic acids is 1. The number of H-pyrrole nitrogens is 1. The van der Waals surface area contributed by atoms with Gasteiger partial charge < -0.3 is 15.0 Å². The van der Waals surface area contributed by atoms with Crippen molar-refractivity contribution in [2.45, 2.75) is 6.54 Å². The van der Waals surface area contributed by atoms with Crippen LogP contribution in [0.1, 0.15) is 16.3 Å². The first-order chi connectivity index (χ1) is 10.3. The van der Waals surface area contributed by atoms with E-state index in [1.807, 2.05) is 24.3 Å². The Morgan fingerprint density at radius 3 is 2.81 bits per heavy atom. The van der Waals surface area contributed by atoms with E-state index in [9.17, 15) is 4.79 Å². The van der Waals surface area contributed by atoms with Gasteiger partial charge in [-0.1, -0.05) is 12.1 Å². The van der Waals surface area contributed by atoms with E-state index in [0.29, 0.717) is 18.2 Å². The van der Waals surface area contributed by atoms with E-state index >= 15 is 0 Å². The number of rotatable bonds is 4. The highest BCUT2D eigenvalue weighted by molar-refractivity contribution is 5.92. The molecule has 0 aliphatic rings. The van der Waals surface area contributed by atoms with Gasteiger partial charge in [0.15, 0.2) is 5.69 Å². The van der Waals surface area contributed by atoms with Gasteiger partial charge in [0.1, 0.15) is 5.82 Å². The number of imidazole rings is 1. The van der Waals surface area contributed by atoms with E-state index in [4.69, 9.17) is 4.74 Å². The highest BCUT2D eigenvalue weighted by Crippen LogP contribution is 2.10. The number of carbonyl (C=O) groups is 1. The smallest absolute Gasteiger partial charge is 0.272 e. The lowest BCUT2D eigenvalue weighted by Crippen LogP contribution is -2.24. The SMILES string of the molecule is COc1ccc(C(=O)NCc2nc3ccccc3[nH]2)nn1. The van der Waals surface area contributed by atoms with E-state index in [1.165, 1.54) is 7.11 Å². The van der Waals surface area contributed by atoms with Gasteiger partial charge >= 0.3 is 0 Å². The molecule has 0 unspecified atom stereocenters. The number of ether oxygens (including phenoxy) is 1. The normalized spacial score (nSPS) is 10.5. The lowest BCUT2D eigenvalue weighted by atomic mass is 10.3. The Balaban J connectivity index is 1.67. The fraction of sp³-hybridized carbons (Fsp3) is 0.143. The molecule has 2 aromatic heterocycles. The molecule has 3 aromatic rings. The summed E-state index contributed by atoms with van der Waals surface area (Å²) in [6, 6.07) is 10.8. The molecule has 0 radical (unpaired) electrons. The molecule has 0 saturated carbocycles. The molecule has 0 saturated heterocycles. The number of nitrogens with one attached hydrogen (secondary N) is 2. The van der Waals surface area contributed by atoms with Crippen LogP contribution in [0.5, 0.6) is 5.88 Å². The van der Waals surface area contributed by atoms with E-state index < -0.39 is 0 Å². The predicted octanol–water partition coefficient (Wildman–Crippen LogP) is 1.29. The van der Waals surface area contributed by atoms with Crippen LogP contribution in [0, 0.1) is 0 Å². The summed E-state index contributed by atoms with van der Waals surface area (Å²) in [7, 11) is 1.49. The van der Waals surface area contributed by atoms with E-state index in [2.05, 4.69) is 25.5 Å². The highest BCUT2D eigenvalue weighted by Gasteiger charge is 2.09. The van der Waals surface area contributed by atoms with Gasteiger partial charge in [0.25, 0.3) is 5.91 Å². The maximum Gasteiger partial charge on any atom is 0.272 e. The van der Waals surface area contributed by atoms with Gasteiger partial charge in [-0.25, -0.2) is 4.98 Å². The van der Waals surface area contributed by atoms with Crippen molar-refractivity contribution in [3.05, 3.63) is 47.9 Å². The van der Waals surface area contributed by atoms with Crippen LogP contribution >= 0.6 is 0 Å². The number of hydrogen-bond donors (Lipinski definition) is 2. The number of amides is 1. The number of hydrogen-bond acceptors (Lipinski definition) is 5. The van der Waals surface area contributed by atoms with Crippen LogP contribution in [0.25, 0.3) is 11.0 Å². The number of aromatic nitrogens is 4. The van der Waals surface area contributed by atoms with Crippen molar-refractivity contribution in [2.24, 2.45) is 0 Å². The maximum absolute atomic E-state index is 11.9. The van der Waals surface area contributed by atoms with Crippen molar-refractivity contribution in [2.75, 3.05) is 7.11 Å². The molecule has 0 aliphatic heterocycles. The molecule has 0 spiro atoms. The summed E-state index contributed by atoms with van der Waals surface area (Å²) in [4.78, 5) is 19.5. The number of nitrogens with zero attached hydrogens (tertiary/aromatic N) is 3. The molecule has 0 atom stereocenters. The minimum atomic E-state index is -0.314. The molecule has 0 fully saturated rings. The average Bonchev–Trinajstić information content (AvgIpc) is 2.95. The Hall–Kier alpha value is -2.96. The Labute approximate surface area is 120 Å². The summed E-state index contributed by atoms with van der Waals surface area (Å²) in [5.41, 5.74) is 2.03. The Bertz CT molecular complexity index is 733. The maximum atomic E-state index is 11.9. The quantitative estimate of drug-likeness (QED) is 0.752. The fourth-order valence-electron chi connectivity index (χ4n) is 1.89. The molecular weight excluding hydrogens is 270 g/mol. The van der Waals surface area contributed by atoms with Crippen molar-refractivity contribution < 1.29 is 9.53 Å². The summed E-state index contributed by atoms with van der Waals surface area (Å²) in [5, 5.41) is 10.3. The first-order valence-electron chi connectivity index (χ1n) is 6.36. The second-order valence-electron chi connectivity index (χ2n) is 4.34. The fourth-order valence-corrected chi connectivity index (χ4v) is 1.89. The van der Waals surface area contributed by atoms with Crippen molar-refractivity contribution in [1.29, 1.82) is 0 Å². The van der Waals surface area contributed by atoms with Gasteiger partial charge in [-0.05, 0) is 18.2 Å². The predicted molar refractivity (Wildman–Crippen MR) is 75.8 cm³/mol. The third kappa shape index (κ3) is 2.81. The molecule has 2 heterocycles. The van der Waals surface area contributed by atoms with Gasteiger partial charge in [-0.2, -0.15) is 0 Å². The topological polar surface area (TPSA) is 92.8 Å². The van der Waals surface area contributed by atoms with Crippen LogP contribution < -0.4 is 10.1 Å². The second-order valence-corrected chi connectivity index (χ2v) is 4.34. The minimum Gasteiger partial charge on any atom is -0.480 e. The summed E-state index contributed by atoms with van der Waals surface area (Å²) in [5.74, 6) is 0.737. The van der Waals surface area contributed by atoms with Gasteiger partial charge in [0.05, 0.1) is 24.7 Å². The first kappa shape index (κ1) is 13.0. The third-order valence-corrected chi connectivity index (χ3v) is 2.94. The number of methoxy groups -OCH3 is 1. The standard InChI is InChI=1S/C14H13N5O2/c1-21-13-7-6-11(18-19-13)14(20)15-8-12-16-9-4-2-3-5-10(9)17-12/h2-7H,8H2,1H3,(H,15,20)(H,16,17). The van der Waals surface area contributed by atoms with Crippen LogP contribution in [-0.2, 0) is 6.54 Å². The lowest BCUT2D eigenvalue weighted by Gasteiger charge is -2.02. The number of aromatic amines is 1. The monoisotopic (exact) mass is 283 g/mol. The summed E-state index contributed by atoms with van der Waals surface area (Å²) in [6.07, 6.45) is 0. The van der Waals surface area contributed by atoms with Crippen molar-refractivity contribution >= 4 is 16.9 Å².